The average Bonchev–Trinajstić information content (AvgIpc) is 2.57. The molecule has 144 valence electrons. The Balaban J connectivity index is 1.60. The second kappa shape index (κ2) is 8.56. The Morgan fingerprint density at radius 2 is 1.89 bits per heavy atom. The molecule has 0 unspecified atom stereocenters. The second-order valence-corrected chi connectivity index (χ2v) is 8.97. The predicted molar refractivity (Wildman–Crippen MR) is 114 cm³/mol. The van der Waals surface area contributed by atoms with Crippen molar-refractivity contribution >= 4 is 34.5 Å². The van der Waals surface area contributed by atoms with Gasteiger partial charge in [0.1, 0.15) is 11.4 Å². The van der Waals surface area contributed by atoms with E-state index < -0.39 is 5.60 Å². The third kappa shape index (κ3) is 5.65. The van der Waals surface area contributed by atoms with Gasteiger partial charge in [0.2, 0.25) is 0 Å². The molecular weight excluding hydrogens is 455 g/mol. The van der Waals surface area contributed by atoms with Crippen LogP contribution in [0.2, 0.25) is 0 Å². The third-order valence-electron chi connectivity index (χ3n) is 4.32. The maximum atomic E-state index is 12.7. The van der Waals surface area contributed by atoms with Crippen molar-refractivity contribution in [3.8, 4) is 0 Å². The lowest BCUT2D eigenvalue weighted by Crippen LogP contribution is -2.52. The first-order valence-electron chi connectivity index (χ1n) is 9.11. The van der Waals surface area contributed by atoms with Crippen molar-refractivity contribution in [1.29, 1.82) is 0 Å². The first kappa shape index (κ1) is 20.1. The molecule has 0 bridgehead atoms. The van der Waals surface area contributed by atoms with Gasteiger partial charge in [0.25, 0.3) is 0 Å². The summed E-state index contributed by atoms with van der Waals surface area (Å²) in [6, 6.07) is 13.9. The van der Waals surface area contributed by atoms with Crippen molar-refractivity contribution in [2.75, 3.05) is 4.90 Å². The van der Waals surface area contributed by atoms with E-state index >= 15 is 0 Å². The normalized spacial score (nSPS) is 19.3. The number of ether oxygens (including phenoxy) is 2. The van der Waals surface area contributed by atoms with E-state index in [1.165, 1.54) is 3.57 Å². The molecule has 0 aliphatic heterocycles. The van der Waals surface area contributed by atoms with Gasteiger partial charge in [-0.25, -0.2) is 9.78 Å². The Kier molecular flexibility index (Phi) is 6.37. The van der Waals surface area contributed by atoms with Crippen molar-refractivity contribution in [2.24, 2.45) is 0 Å². The number of hydrogen-bond donors (Lipinski definition) is 0. The fourth-order valence-electron chi connectivity index (χ4n) is 2.92. The molecule has 0 spiro atoms. The molecule has 1 amide bonds. The van der Waals surface area contributed by atoms with Gasteiger partial charge in [-0.05, 0) is 86.0 Å². The average molecular weight is 480 g/mol. The number of nitrogens with zero attached hydrogens (tertiary/aromatic N) is 2. The lowest BCUT2D eigenvalue weighted by Gasteiger charge is -2.42. The summed E-state index contributed by atoms with van der Waals surface area (Å²) in [4.78, 5) is 18.7. The quantitative estimate of drug-likeness (QED) is 0.554. The highest BCUT2D eigenvalue weighted by Gasteiger charge is 2.39. The summed E-state index contributed by atoms with van der Waals surface area (Å²) in [5.74, 6) is 0.618. The number of carbonyl (C=O) groups excluding carboxylic acids is 1. The fourth-order valence-corrected chi connectivity index (χ4v) is 3.28. The number of benzene rings is 1. The van der Waals surface area contributed by atoms with Crippen LogP contribution in [0.15, 0.2) is 48.7 Å². The zero-order valence-corrected chi connectivity index (χ0v) is 18.0. The summed E-state index contributed by atoms with van der Waals surface area (Å²) < 4.78 is 12.8. The molecule has 27 heavy (non-hydrogen) atoms. The highest BCUT2D eigenvalue weighted by molar-refractivity contribution is 14.1. The molecule has 1 aliphatic rings. The lowest BCUT2D eigenvalue weighted by atomic mass is 9.88. The van der Waals surface area contributed by atoms with Crippen LogP contribution in [-0.2, 0) is 16.1 Å². The van der Waals surface area contributed by atoms with Crippen molar-refractivity contribution < 1.29 is 14.3 Å². The molecular formula is C21H25IN2O3. The van der Waals surface area contributed by atoms with Crippen molar-refractivity contribution in [1.82, 2.24) is 4.98 Å². The topological polar surface area (TPSA) is 51.7 Å². The number of carbonyl (C=O) groups is 1. The summed E-state index contributed by atoms with van der Waals surface area (Å²) in [5.41, 5.74) is 0.613. The zero-order valence-electron chi connectivity index (χ0n) is 15.9. The second-order valence-electron chi connectivity index (χ2n) is 7.72. The van der Waals surface area contributed by atoms with Gasteiger partial charge in [-0.2, -0.15) is 0 Å². The maximum Gasteiger partial charge on any atom is 0.416 e. The van der Waals surface area contributed by atoms with Gasteiger partial charge in [0.15, 0.2) is 0 Å². The van der Waals surface area contributed by atoms with Crippen LogP contribution in [-0.4, -0.2) is 28.8 Å². The molecule has 1 saturated carbocycles. The summed E-state index contributed by atoms with van der Waals surface area (Å²) >= 11 is 2.29. The van der Waals surface area contributed by atoms with Crippen LogP contribution in [0.4, 0.5) is 10.6 Å². The van der Waals surface area contributed by atoms with E-state index in [2.05, 4.69) is 51.8 Å². The molecule has 2 aromatic rings. The van der Waals surface area contributed by atoms with Crippen molar-refractivity contribution in [3.05, 3.63) is 57.8 Å². The van der Waals surface area contributed by atoms with Crippen LogP contribution in [0.25, 0.3) is 0 Å². The molecule has 1 aromatic carbocycles. The first-order chi connectivity index (χ1) is 12.8. The molecule has 0 N–H and O–H groups in total. The number of pyridine rings is 1. The maximum absolute atomic E-state index is 12.7. The SMILES string of the molecule is CC(C)(C)OC(=O)N(c1ccccn1)[C@H]1C[C@@H](OCc2ccc(I)cc2)C1. The highest BCUT2D eigenvalue weighted by atomic mass is 127. The summed E-state index contributed by atoms with van der Waals surface area (Å²) in [5, 5.41) is 0. The first-order valence-corrected chi connectivity index (χ1v) is 10.2. The van der Waals surface area contributed by atoms with Crippen LogP contribution in [0.5, 0.6) is 0 Å². The number of aromatic nitrogens is 1. The minimum absolute atomic E-state index is 0.0384. The Labute approximate surface area is 174 Å². The van der Waals surface area contributed by atoms with Crippen LogP contribution in [0, 0.1) is 3.57 Å². The monoisotopic (exact) mass is 480 g/mol. The van der Waals surface area contributed by atoms with E-state index in [1.807, 2.05) is 39.0 Å². The number of rotatable bonds is 5. The molecule has 3 rings (SSSR count). The molecule has 0 radical (unpaired) electrons. The van der Waals surface area contributed by atoms with E-state index in [4.69, 9.17) is 9.47 Å². The smallest absolute Gasteiger partial charge is 0.416 e. The van der Waals surface area contributed by atoms with Gasteiger partial charge >= 0.3 is 6.09 Å². The molecule has 1 fully saturated rings. The third-order valence-corrected chi connectivity index (χ3v) is 5.04. The summed E-state index contributed by atoms with van der Waals surface area (Å²) in [6.07, 6.45) is 3.03. The summed E-state index contributed by atoms with van der Waals surface area (Å²) in [7, 11) is 0. The molecule has 1 aliphatic carbocycles. The molecule has 0 saturated heterocycles. The molecule has 1 heterocycles. The number of halogens is 1. The van der Waals surface area contributed by atoms with E-state index in [1.54, 1.807) is 11.1 Å². The number of anilines is 1. The lowest BCUT2D eigenvalue weighted by molar-refractivity contribution is -0.0226. The van der Waals surface area contributed by atoms with Crippen molar-refractivity contribution in [2.45, 2.75) is 58.0 Å². The van der Waals surface area contributed by atoms with E-state index in [0.717, 1.165) is 18.4 Å². The Bertz CT molecular complexity index is 753. The Morgan fingerprint density at radius 3 is 2.48 bits per heavy atom. The van der Waals surface area contributed by atoms with E-state index in [0.29, 0.717) is 12.4 Å². The standard InChI is InChI=1S/C21H25IN2O3/c1-21(2,3)27-20(25)24(19-6-4-5-11-23-19)17-12-18(13-17)26-14-15-7-9-16(22)10-8-15/h4-11,17-18H,12-14H2,1-3H3/t17-,18+. The van der Waals surface area contributed by atoms with Gasteiger partial charge in [0.05, 0.1) is 12.7 Å². The molecule has 1 aromatic heterocycles. The van der Waals surface area contributed by atoms with Crippen LogP contribution < -0.4 is 4.90 Å². The van der Waals surface area contributed by atoms with Gasteiger partial charge in [-0.15, -0.1) is 0 Å². The molecule has 6 heteroatoms. The predicted octanol–water partition coefficient (Wildman–Crippen LogP) is 5.18. The zero-order chi connectivity index (χ0) is 19.4. The Morgan fingerprint density at radius 1 is 1.19 bits per heavy atom. The largest absolute Gasteiger partial charge is 0.443 e. The van der Waals surface area contributed by atoms with Crippen LogP contribution in [0.3, 0.4) is 0 Å². The van der Waals surface area contributed by atoms with Gasteiger partial charge in [0, 0.05) is 15.8 Å². The van der Waals surface area contributed by atoms with Gasteiger partial charge in [-0.3, -0.25) is 4.90 Å². The van der Waals surface area contributed by atoms with Crippen LogP contribution in [0.1, 0.15) is 39.2 Å². The van der Waals surface area contributed by atoms with Crippen LogP contribution >= 0.6 is 22.6 Å². The van der Waals surface area contributed by atoms with E-state index in [-0.39, 0.29) is 18.2 Å². The summed E-state index contributed by atoms with van der Waals surface area (Å²) in [6.45, 7) is 6.20. The fraction of sp³-hybridized carbons (Fsp3) is 0.429. The number of amides is 1. The highest BCUT2D eigenvalue weighted by Crippen LogP contribution is 2.33. The minimum Gasteiger partial charge on any atom is -0.443 e. The minimum atomic E-state index is -0.547. The van der Waals surface area contributed by atoms with Gasteiger partial charge < -0.3 is 9.47 Å². The van der Waals surface area contributed by atoms with E-state index in [9.17, 15) is 4.79 Å². The number of hydrogen-bond acceptors (Lipinski definition) is 4. The Hall–Kier alpha value is -1.67. The molecule has 5 nitrogen and oxygen atoms in total. The molecule has 0 atom stereocenters. The van der Waals surface area contributed by atoms with Gasteiger partial charge in [-0.1, -0.05) is 18.2 Å². The van der Waals surface area contributed by atoms with Crippen molar-refractivity contribution in [3.63, 3.8) is 0 Å².